The number of halogens is 1. The molecule has 5 rings (SSSR count). The first kappa shape index (κ1) is 25.8. The summed E-state index contributed by atoms with van der Waals surface area (Å²) in [5, 5.41) is 9.71. The highest BCUT2D eigenvalue weighted by molar-refractivity contribution is 5.99. The Morgan fingerprint density at radius 2 is 1.74 bits per heavy atom. The first-order valence-electron chi connectivity index (χ1n) is 12.4. The molecule has 2 amide bonds. The van der Waals surface area contributed by atoms with Crippen LogP contribution in [0.3, 0.4) is 0 Å². The summed E-state index contributed by atoms with van der Waals surface area (Å²) in [6.07, 6.45) is 1.71. The summed E-state index contributed by atoms with van der Waals surface area (Å²) >= 11 is 0. The first-order valence-corrected chi connectivity index (χ1v) is 12.4. The minimum Gasteiger partial charge on any atom is -0.338 e. The summed E-state index contributed by atoms with van der Waals surface area (Å²) in [5.41, 5.74) is 4.59. The number of pyridine rings is 2. The Morgan fingerprint density at radius 3 is 2.44 bits per heavy atom. The van der Waals surface area contributed by atoms with Crippen LogP contribution in [0, 0.1) is 19.7 Å². The molecular formula is C30H28FN5O3. The van der Waals surface area contributed by atoms with E-state index < -0.39 is 11.8 Å². The van der Waals surface area contributed by atoms with Gasteiger partial charge in [-0.15, -0.1) is 0 Å². The summed E-state index contributed by atoms with van der Waals surface area (Å²) in [6, 6.07) is 15.1. The normalized spacial score (nSPS) is 11.5. The number of aromatic amines is 1. The van der Waals surface area contributed by atoms with Crippen LogP contribution in [0.5, 0.6) is 0 Å². The molecule has 198 valence electrons. The van der Waals surface area contributed by atoms with Crippen molar-refractivity contribution in [2.45, 2.75) is 40.0 Å². The second kappa shape index (κ2) is 9.83. The Balaban J connectivity index is 1.47. The molecule has 8 nitrogen and oxygen atoms in total. The Kier molecular flexibility index (Phi) is 6.51. The molecule has 39 heavy (non-hydrogen) atoms. The minimum atomic E-state index is -0.707. The number of fused-ring (bicyclic) bond motifs is 1. The first-order chi connectivity index (χ1) is 18.5. The van der Waals surface area contributed by atoms with Gasteiger partial charge in [-0.05, 0) is 48.7 Å². The van der Waals surface area contributed by atoms with E-state index in [9.17, 15) is 14.0 Å². The lowest BCUT2D eigenvalue weighted by molar-refractivity contribution is 0.261. The van der Waals surface area contributed by atoms with Gasteiger partial charge >= 0.3 is 6.03 Å². The second-order valence-electron chi connectivity index (χ2n) is 10.5. The van der Waals surface area contributed by atoms with Gasteiger partial charge in [-0.2, -0.15) is 0 Å². The molecule has 0 radical (unpaired) electrons. The zero-order chi connectivity index (χ0) is 27.9. The number of benzene rings is 2. The Bertz CT molecular complexity index is 1770. The highest BCUT2D eigenvalue weighted by Gasteiger charge is 2.21. The van der Waals surface area contributed by atoms with E-state index in [0.29, 0.717) is 27.9 Å². The number of hydrogen-bond acceptors (Lipinski definition) is 5. The second-order valence-corrected chi connectivity index (χ2v) is 10.5. The summed E-state index contributed by atoms with van der Waals surface area (Å²) in [4.78, 5) is 33.4. The molecule has 3 aromatic heterocycles. The Hall–Kier alpha value is -4.79. The van der Waals surface area contributed by atoms with Crippen molar-refractivity contribution in [2.75, 3.05) is 10.6 Å². The van der Waals surface area contributed by atoms with Crippen LogP contribution in [0.1, 0.15) is 37.6 Å². The number of nitrogens with one attached hydrogen (secondary N) is 3. The molecule has 9 heteroatoms. The SMILES string of the molecule is Cc1cc(F)c(NC(=O)Nc2cc(C(C)(C)C)no2)cc1-c1cc2cnc(-c3ccccc3)c(C)c2[nH]c1=O. The number of hydrogen-bond donors (Lipinski definition) is 3. The summed E-state index contributed by atoms with van der Waals surface area (Å²) < 4.78 is 20.0. The van der Waals surface area contributed by atoms with Crippen molar-refractivity contribution in [3.8, 4) is 22.4 Å². The van der Waals surface area contributed by atoms with Crippen LogP contribution < -0.4 is 16.2 Å². The Labute approximate surface area is 224 Å². The lowest BCUT2D eigenvalue weighted by atomic mass is 9.92. The van der Waals surface area contributed by atoms with Crippen molar-refractivity contribution in [1.82, 2.24) is 15.1 Å². The van der Waals surface area contributed by atoms with Gasteiger partial charge < -0.3 is 14.8 Å². The molecule has 0 unspecified atom stereocenters. The van der Waals surface area contributed by atoms with Crippen molar-refractivity contribution in [1.29, 1.82) is 0 Å². The van der Waals surface area contributed by atoms with Gasteiger partial charge in [-0.3, -0.25) is 15.1 Å². The fourth-order valence-corrected chi connectivity index (χ4v) is 4.41. The average Bonchev–Trinajstić information content (AvgIpc) is 3.36. The van der Waals surface area contributed by atoms with Crippen LogP contribution in [-0.4, -0.2) is 21.2 Å². The van der Waals surface area contributed by atoms with E-state index in [4.69, 9.17) is 4.52 Å². The molecule has 0 spiro atoms. The highest BCUT2D eigenvalue weighted by atomic mass is 19.1. The van der Waals surface area contributed by atoms with Crippen molar-refractivity contribution in [2.24, 2.45) is 0 Å². The van der Waals surface area contributed by atoms with Crippen LogP contribution in [-0.2, 0) is 5.41 Å². The van der Waals surface area contributed by atoms with E-state index in [-0.39, 0.29) is 22.5 Å². The van der Waals surface area contributed by atoms with Crippen molar-refractivity contribution < 1.29 is 13.7 Å². The maximum Gasteiger partial charge on any atom is 0.326 e. The standard InChI is InChI=1S/C30H28FN5O3/c1-16-11-22(31)23(33-29(38)34-25-14-24(36-39-25)30(3,4)5)13-20(16)21-12-19-15-32-26(18-9-7-6-8-10-18)17(2)27(19)35-28(21)37/h6-15H,1-5H3,(H,35,37)(H2,33,34,38). The van der Waals surface area contributed by atoms with Gasteiger partial charge in [-0.1, -0.05) is 56.3 Å². The van der Waals surface area contributed by atoms with E-state index in [1.54, 1.807) is 25.3 Å². The number of carbonyl (C=O) groups excluding carboxylic acids is 1. The zero-order valence-electron chi connectivity index (χ0n) is 22.3. The highest BCUT2D eigenvalue weighted by Crippen LogP contribution is 2.31. The molecule has 0 saturated heterocycles. The Morgan fingerprint density at radius 1 is 1.00 bits per heavy atom. The van der Waals surface area contributed by atoms with Gasteiger partial charge in [0.1, 0.15) is 5.82 Å². The predicted molar refractivity (Wildman–Crippen MR) is 151 cm³/mol. The third kappa shape index (κ3) is 5.16. The molecule has 0 fully saturated rings. The molecule has 3 heterocycles. The topological polar surface area (TPSA) is 113 Å². The van der Waals surface area contributed by atoms with E-state index >= 15 is 0 Å². The molecule has 0 aliphatic rings. The molecule has 5 aromatic rings. The monoisotopic (exact) mass is 525 g/mol. The van der Waals surface area contributed by atoms with Crippen LogP contribution in [0.15, 0.2) is 70.1 Å². The van der Waals surface area contributed by atoms with E-state index in [2.05, 4.69) is 25.8 Å². The fourth-order valence-electron chi connectivity index (χ4n) is 4.41. The van der Waals surface area contributed by atoms with Crippen LogP contribution in [0.25, 0.3) is 33.3 Å². The van der Waals surface area contributed by atoms with E-state index in [0.717, 1.165) is 22.2 Å². The number of nitrogens with zero attached hydrogens (tertiary/aromatic N) is 2. The molecule has 3 N–H and O–H groups in total. The lowest BCUT2D eigenvalue weighted by Crippen LogP contribution is -2.20. The molecular weight excluding hydrogens is 497 g/mol. The molecule has 2 aromatic carbocycles. The zero-order valence-corrected chi connectivity index (χ0v) is 22.3. The van der Waals surface area contributed by atoms with Gasteiger partial charge in [0.05, 0.1) is 22.6 Å². The van der Waals surface area contributed by atoms with Gasteiger partial charge in [-0.25, -0.2) is 9.18 Å². The number of rotatable bonds is 4. The van der Waals surface area contributed by atoms with Crippen molar-refractivity contribution >= 4 is 28.5 Å². The van der Waals surface area contributed by atoms with Crippen molar-refractivity contribution in [3.63, 3.8) is 0 Å². The van der Waals surface area contributed by atoms with Crippen LogP contribution >= 0.6 is 0 Å². The molecule has 0 saturated carbocycles. The third-order valence-corrected chi connectivity index (χ3v) is 6.55. The van der Waals surface area contributed by atoms with E-state index in [1.165, 1.54) is 12.1 Å². The average molecular weight is 526 g/mol. The summed E-state index contributed by atoms with van der Waals surface area (Å²) in [6.45, 7) is 9.51. The minimum absolute atomic E-state index is 0.0862. The number of urea groups is 1. The summed E-state index contributed by atoms with van der Waals surface area (Å²) in [5.74, 6) is -0.504. The number of aryl methyl sites for hydroxylation is 2. The molecule has 0 bridgehead atoms. The number of carbonyl (C=O) groups is 1. The quantitative estimate of drug-likeness (QED) is 0.235. The number of amides is 2. The van der Waals surface area contributed by atoms with Gasteiger partial charge in [0.2, 0.25) is 5.88 Å². The summed E-state index contributed by atoms with van der Waals surface area (Å²) in [7, 11) is 0. The molecule has 0 atom stereocenters. The lowest BCUT2D eigenvalue weighted by Gasteiger charge is -2.13. The number of aromatic nitrogens is 3. The van der Waals surface area contributed by atoms with Crippen LogP contribution in [0.2, 0.25) is 0 Å². The van der Waals surface area contributed by atoms with Gasteiger partial charge in [0.25, 0.3) is 5.56 Å². The fraction of sp³-hybridized carbons (Fsp3) is 0.200. The van der Waals surface area contributed by atoms with E-state index in [1.807, 2.05) is 58.0 Å². The number of H-pyrrole nitrogens is 1. The van der Waals surface area contributed by atoms with Crippen LogP contribution in [0.4, 0.5) is 20.8 Å². The van der Waals surface area contributed by atoms with Gasteiger partial charge in [0.15, 0.2) is 0 Å². The maximum atomic E-state index is 14.8. The predicted octanol–water partition coefficient (Wildman–Crippen LogP) is 6.94. The largest absolute Gasteiger partial charge is 0.338 e. The van der Waals surface area contributed by atoms with Crippen molar-refractivity contribution in [3.05, 3.63) is 93.8 Å². The number of anilines is 2. The maximum absolute atomic E-state index is 14.8. The smallest absolute Gasteiger partial charge is 0.326 e. The third-order valence-electron chi connectivity index (χ3n) is 6.55. The molecule has 0 aliphatic carbocycles. The van der Waals surface area contributed by atoms with Gasteiger partial charge in [0, 0.05) is 34.2 Å². The molecule has 0 aliphatic heterocycles.